The van der Waals surface area contributed by atoms with Crippen LogP contribution in [-0.2, 0) is 6.54 Å². The Morgan fingerprint density at radius 2 is 2.18 bits per heavy atom. The van der Waals surface area contributed by atoms with Gasteiger partial charge in [-0.3, -0.25) is 4.90 Å². The molecule has 1 aliphatic rings. The van der Waals surface area contributed by atoms with Gasteiger partial charge in [-0.2, -0.15) is 11.8 Å². The standard InChI is InChI=1S/C14H22N2S/c1-10-4-5-14(15)13(8-10)9-16-6-7-17-12(3)11(16)2/h4-5,8,11-12H,6-7,9,15H2,1-3H3. The fourth-order valence-corrected chi connectivity index (χ4v) is 3.47. The lowest BCUT2D eigenvalue weighted by atomic mass is 10.1. The lowest BCUT2D eigenvalue weighted by molar-refractivity contribution is 0.205. The molecule has 2 nitrogen and oxygen atoms in total. The summed E-state index contributed by atoms with van der Waals surface area (Å²) >= 11 is 2.07. The lowest BCUT2D eigenvalue weighted by Crippen LogP contribution is -2.44. The summed E-state index contributed by atoms with van der Waals surface area (Å²) in [6.45, 7) is 8.92. The SMILES string of the molecule is Cc1ccc(N)c(CN2CCSC(C)C2C)c1. The summed E-state index contributed by atoms with van der Waals surface area (Å²) in [6.07, 6.45) is 0. The smallest absolute Gasteiger partial charge is 0.0359 e. The van der Waals surface area contributed by atoms with Crippen LogP contribution in [0.2, 0.25) is 0 Å². The molecule has 1 aromatic carbocycles. The van der Waals surface area contributed by atoms with E-state index in [9.17, 15) is 0 Å². The van der Waals surface area contributed by atoms with Gasteiger partial charge in [0.2, 0.25) is 0 Å². The number of nitrogens with two attached hydrogens (primary N) is 1. The fourth-order valence-electron chi connectivity index (χ4n) is 2.31. The summed E-state index contributed by atoms with van der Waals surface area (Å²) in [5.41, 5.74) is 9.55. The summed E-state index contributed by atoms with van der Waals surface area (Å²) in [5.74, 6) is 1.23. The first-order chi connectivity index (χ1) is 8.08. The third-order valence-electron chi connectivity index (χ3n) is 3.69. The lowest BCUT2D eigenvalue weighted by Gasteiger charge is -2.37. The van der Waals surface area contributed by atoms with Gasteiger partial charge in [0, 0.05) is 35.8 Å². The molecular formula is C14H22N2S. The zero-order chi connectivity index (χ0) is 12.4. The van der Waals surface area contributed by atoms with E-state index in [4.69, 9.17) is 5.73 Å². The molecule has 2 atom stereocenters. The van der Waals surface area contributed by atoms with Crippen molar-refractivity contribution in [3.8, 4) is 0 Å². The van der Waals surface area contributed by atoms with Crippen LogP contribution in [0.5, 0.6) is 0 Å². The highest BCUT2D eigenvalue weighted by molar-refractivity contribution is 8.00. The van der Waals surface area contributed by atoms with Gasteiger partial charge < -0.3 is 5.73 Å². The molecule has 1 aromatic rings. The number of nitrogen functional groups attached to an aromatic ring is 1. The van der Waals surface area contributed by atoms with Crippen LogP contribution in [0.4, 0.5) is 5.69 Å². The molecule has 0 spiro atoms. The van der Waals surface area contributed by atoms with Crippen molar-refractivity contribution in [1.29, 1.82) is 0 Å². The number of nitrogens with zero attached hydrogens (tertiary/aromatic N) is 1. The monoisotopic (exact) mass is 250 g/mol. The van der Waals surface area contributed by atoms with Crippen molar-refractivity contribution >= 4 is 17.4 Å². The van der Waals surface area contributed by atoms with Crippen molar-refractivity contribution in [2.24, 2.45) is 0 Å². The maximum atomic E-state index is 6.05. The third-order valence-corrected chi connectivity index (χ3v) is 5.02. The van der Waals surface area contributed by atoms with Crippen LogP contribution >= 0.6 is 11.8 Å². The zero-order valence-electron chi connectivity index (χ0n) is 10.9. The average molecular weight is 250 g/mol. The van der Waals surface area contributed by atoms with E-state index in [2.05, 4.69) is 49.6 Å². The topological polar surface area (TPSA) is 29.3 Å². The normalized spacial score (nSPS) is 26.1. The van der Waals surface area contributed by atoms with Gasteiger partial charge in [0.25, 0.3) is 0 Å². The van der Waals surface area contributed by atoms with Gasteiger partial charge in [0.05, 0.1) is 0 Å². The van der Waals surface area contributed by atoms with Gasteiger partial charge >= 0.3 is 0 Å². The van der Waals surface area contributed by atoms with Crippen LogP contribution in [0, 0.1) is 6.92 Å². The highest BCUT2D eigenvalue weighted by atomic mass is 32.2. The van der Waals surface area contributed by atoms with Gasteiger partial charge in [0.1, 0.15) is 0 Å². The quantitative estimate of drug-likeness (QED) is 0.818. The average Bonchev–Trinajstić information content (AvgIpc) is 2.30. The van der Waals surface area contributed by atoms with E-state index in [1.165, 1.54) is 23.4 Å². The maximum absolute atomic E-state index is 6.05. The minimum atomic E-state index is 0.633. The Morgan fingerprint density at radius 3 is 2.94 bits per heavy atom. The Balaban J connectivity index is 2.11. The summed E-state index contributed by atoms with van der Waals surface area (Å²) in [6, 6.07) is 6.96. The molecule has 1 fully saturated rings. The second-order valence-corrected chi connectivity index (χ2v) is 6.47. The summed E-state index contributed by atoms with van der Waals surface area (Å²) in [5, 5.41) is 0.717. The Bertz CT molecular complexity index is 392. The van der Waals surface area contributed by atoms with Crippen LogP contribution in [0.3, 0.4) is 0 Å². The van der Waals surface area contributed by atoms with Crippen LogP contribution in [0.15, 0.2) is 18.2 Å². The number of aryl methyl sites for hydroxylation is 1. The molecule has 0 aromatic heterocycles. The molecule has 2 unspecified atom stereocenters. The minimum Gasteiger partial charge on any atom is -0.398 e. The fraction of sp³-hybridized carbons (Fsp3) is 0.571. The molecule has 3 heteroatoms. The molecule has 0 saturated carbocycles. The number of benzene rings is 1. The molecule has 2 rings (SSSR count). The predicted octanol–water partition coefficient (Wildman–Crippen LogP) is 2.90. The summed E-state index contributed by atoms with van der Waals surface area (Å²) in [7, 11) is 0. The Kier molecular flexibility index (Phi) is 4.00. The van der Waals surface area contributed by atoms with E-state index >= 15 is 0 Å². The highest BCUT2D eigenvalue weighted by Gasteiger charge is 2.25. The van der Waals surface area contributed by atoms with Crippen molar-refractivity contribution in [2.45, 2.75) is 38.6 Å². The van der Waals surface area contributed by atoms with Crippen molar-refractivity contribution in [1.82, 2.24) is 4.90 Å². The number of anilines is 1. The first kappa shape index (κ1) is 12.8. The third kappa shape index (κ3) is 2.96. The van der Waals surface area contributed by atoms with Crippen molar-refractivity contribution < 1.29 is 0 Å². The molecule has 1 aliphatic heterocycles. The summed E-state index contributed by atoms with van der Waals surface area (Å²) in [4.78, 5) is 2.55. The highest BCUT2D eigenvalue weighted by Crippen LogP contribution is 2.26. The van der Waals surface area contributed by atoms with Gasteiger partial charge in [-0.25, -0.2) is 0 Å². The van der Waals surface area contributed by atoms with Crippen LogP contribution < -0.4 is 5.73 Å². The van der Waals surface area contributed by atoms with E-state index in [1.54, 1.807) is 0 Å². The number of thioether (sulfide) groups is 1. The molecule has 94 valence electrons. The van der Waals surface area contributed by atoms with Crippen molar-refractivity contribution in [2.75, 3.05) is 18.0 Å². The van der Waals surface area contributed by atoms with E-state index in [-0.39, 0.29) is 0 Å². The largest absolute Gasteiger partial charge is 0.398 e. The molecule has 0 amide bonds. The predicted molar refractivity (Wildman–Crippen MR) is 77.4 cm³/mol. The Hall–Kier alpha value is -0.670. The van der Waals surface area contributed by atoms with E-state index < -0.39 is 0 Å². The van der Waals surface area contributed by atoms with Gasteiger partial charge in [-0.1, -0.05) is 24.6 Å². The maximum Gasteiger partial charge on any atom is 0.0359 e. The summed E-state index contributed by atoms with van der Waals surface area (Å²) < 4.78 is 0. The van der Waals surface area contributed by atoms with Gasteiger partial charge in [0.15, 0.2) is 0 Å². The molecule has 0 bridgehead atoms. The zero-order valence-corrected chi connectivity index (χ0v) is 11.8. The first-order valence-electron chi connectivity index (χ1n) is 6.28. The molecule has 0 radical (unpaired) electrons. The second-order valence-electron chi connectivity index (χ2n) is 4.99. The van der Waals surface area contributed by atoms with E-state index in [1.807, 2.05) is 6.07 Å². The van der Waals surface area contributed by atoms with Gasteiger partial charge in [-0.05, 0) is 25.5 Å². The van der Waals surface area contributed by atoms with Crippen molar-refractivity contribution in [3.05, 3.63) is 29.3 Å². The second kappa shape index (κ2) is 5.32. The molecule has 0 aliphatic carbocycles. The number of hydrogen-bond acceptors (Lipinski definition) is 3. The van der Waals surface area contributed by atoms with E-state index in [0.717, 1.165) is 17.5 Å². The molecule has 2 N–H and O–H groups in total. The van der Waals surface area contributed by atoms with Crippen LogP contribution in [0.25, 0.3) is 0 Å². The number of rotatable bonds is 2. The molecule has 17 heavy (non-hydrogen) atoms. The molecule has 1 heterocycles. The van der Waals surface area contributed by atoms with Crippen LogP contribution in [-0.4, -0.2) is 28.5 Å². The van der Waals surface area contributed by atoms with Crippen LogP contribution in [0.1, 0.15) is 25.0 Å². The molecule has 1 saturated heterocycles. The van der Waals surface area contributed by atoms with Crippen molar-refractivity contribution in [3.63, 3.8) is 0 Å². The molecular weight excluding hydrogens is 228 g/mol. The Labute approximate surface area is 109 Å². The number of hydrogen-bond donors (Lipinski definition) is 1. The first-order valence-corrected chi connectivity index (χ1v) is 7.33. The van der Waals surface area contributed by atoms with E-state index in [0.29, 0.717) is 6.04 Å². The minimum absolute atomic E-state index is 0.633. The Morgan fingerprint density at radius 1 is 1.41 bits per heavy atom. The van der Waals surface area contributed by atoms with Gasteiger partial charge in [-0.15, -0.1) is 0 Å².